The van der Waals surface area contributed by atoms with E-state index in [9.17, 15) is 13.6 Å². The minimum Gasteiger partial charge on any atom is -0.434 e. The summed E-state index contributed by atoms with van der Waals surface area (Å²) in [5, 5.41) is 0. The van der Waals surface area contributed by atoms with E-state index in [1.165, 1.54) is 18.2 Å². The van der Waals surface area contributed by atoms with Crippen molar-refractivity contribution in [3.8, 4) is 5.75 Å². The van der Waals surface area contributed by atoms with Crippen molar-refractivity contribution in [2.75, 3.05) is 6.61 Å². The lowest BCUT2D eigenvalue weighted by atomic mass is 10.2. The van der Waals surface area contributed by atoms with Crippen molar-refractivity contribution in [1.82, 2.24) is 5.48 Å². The largest absolute Gasteiger partial charge is 0.434 e. The fraction of sp³-hybridized carbons (Fsp3) is 0.300. The van der Waals surface area contributed by atoms with E-state index in [0.717, 1.165) is 0 Å². The molecule has 4 nitrogen and oxygen atoms in total. The van der Waals surface area contributed by atoms with Gasteiger partial charge in [-0.1, -0.05) is 12.1 Å². The topological polar surface area (TPSA) is 47.6 Å². The summed E-state index contributed by atoms with van der Waals surface area (Å²) in [7, 11) is 0. The molecule has 88 valence electrons. The standard InChI is InChI=1S/C10H11F2NO3/c1-2-15-13-9(14)7-5-3-4-6-8(7)16-10(11)12/h3-6,10H,2H2,1H3,(H,13,14). The number of halogens is 2. The summed E-state index contributed by atoms with van der Waals surface area (Å²) in [6.07, 6.45) is 0. The van der Waals surface area contributed by atoms with E-state index in [2.05, 4.69) is 15.1 Å². The van der Waals surface area contributed by atoms with Crippen molar-refractivity contribution < 1.29 is 23.1 Å². The van der Waals surface area contributed by atoms with E-state index < -0.39 is 12.5 Å². The SMILES string of the molecule is CCONC(=O)c1ccccc1OC(F)F. The van der Waals surface area contributed by atoms with Gasteiger partial charge < -0.3 is 4.74 Å². The lowest BCUT2D eigenvalue weighted by molar-refractivity contribution is -0.0503. The van der Waals surface area contributed by atoms with Gasteiger partial charge in [-0.05, 0) is 19.1 Å². The number of para-hydroxylation sites is 1. The minimum atomic E-state index is -2.97. The van der Waals surface area contributed by atoms with Gasteiger partial charge in [-0.15, -0.1) is 0 Å². The minimum absolute atomic E-state index is 0.00347. The number of amides is 1. The predicted octanol–water partition coefficient (Wildman–Crippen LogP) is 1.97. The Balaban J connectivity index is 2.81. The second kappa shape index (κ2) is 6.02. The molecule has 0 aliphatic carbocycles. The molecule has 1 aromatic rings. The van der Waals surface area contributed by atoms with E-state index in [4.69, 9.17) is 0 Å². The zero-order chi connectivity index (χ0) is 12.0. The number of benzene rings is 1. The number of hydrogen-bond donors (Lipinski definition) is 1. The van der Waals surface area contributed by atoms with Gasteiger partial charge in [0.05, 0.1) is 12.2 Å². The molecule has 1 rings (SSSR count). The van der Waals surface area contributed by atoms with E-state index in [1.54, 1.807) is 13.0 Å². The second-order valence-corrected chi connectivity index (χ2v) is 2.74. The van der Waals surface area contributed by atoms with Crippen molar-refractivity contribution in [2.24, 2.45) is 0 Å². The van der Waals surface area contributed by atoms with Gasteiger partial charge in [0, 0.05) is 0 Å². The van der Waals surface area contributed by atoms with Crippen LogP contribution in [0, 0.1) is 0 Å². The Morgan fingerprint density at radius 2 is 2.12 bits per heavy atom. The summed E-state index contributed by atoms with van der Waals surface area (Å²) < 4.78 is 28.3. The van der Waals surface area contributed by atoms with E-state index in [-0.39, 0.29) is 17.9 Å². The van der Waals surface area contributed by atoms with Crippen LogP contribution < -0.4 is 10.2 Å². The fourth-order valence-electron chi connectivity index (χ4n) is 1.05. The first-order valence-electron chi connectivity index (χ1n) is 4.61. The van der Waals surface area contributed by atoms with Crippen LogP contribution in [0.25, 0.3) is 0 Å². The molecule has 0 saturated heterocycles. The molecule has 0 aliphatic heterocycles. The third kappa shape index (κ3) is 3.47. The zero-order valence-corrected chi connectivity index (χ0v) is 8.57. The molecule has 0 aliphatic rings. The number of carbonyl (C=O) groups is 1. The molecule has 0 saturated carbocycles. The van der Waals surface area contributed by atoms with Crippen LogP contribution >= 0.6 is 0 Å². The monoisotopic (exact) mass is 231 g/mol. The summed E-state index contributed by atoms with van der Waals surface area (Å²) in [5.74, 6) is -0.812. The van der Waals surface area contributed by atoms with Crippen LogP contribution in [0.1, 0.15) is 17.3 Å². The maximum absolute atomic E-state index is 12.0. The number of nitrogens with one attached hydrogen (secondary N) is 1. The third-order valence-electron chi connectivity index (χ3n) is 1.66. The van der Waals surface area contributed by atoms with Crippen molar-refractivity contribution in [1.29, 1.82) is 0 Å². The van der Waals surface area contributed by atoms with Crippen LogP contribution in [-0.4, -0.2) is 19.1 Å². The first-order valence-corrected chi connectivity index (χ1v) is 4.61. The van der Waals surface area contributed by atoms with Gasteiger partial charge in [-0.2, -0.15) is 8.78 Å². The molecule has 1 N–H and O–H groups in total. The Labute approximate surface area is 91.1 Å². The number of carbonyl (C=O) groups excluding carboxylic acids is 1. The van der Waals surface area contributed by atoms with E-state index in [1.807, 2.05) is 0 Å². The van der Waals surface area contributed by atoms with Gasteiger partial charge in [0.25, 0.3) is 5.91 Å². The quantitative estimate of drug-likeness (QED) is 0.788. The van der Waals surface area contributed by atoms with E-state index >= 15 is 0 Å². The normalized spacial score (nSPS) is 10.2. The second-order valence-electron chi connectivity index (χ2n) is 2.74. The number of hydroxylamine groups is 1. The zero-order valence-electron chi connectivity index (χ0n) is 8.57. The summed E-state index contributed by atoms with van der Waals surface area (Å²) in [5.41, 5.74) is 2.09. The molecule has 0 aromatic heterocycles. The van der Waals surface area contributed by atoms with Crippen LogP contribution in [0.4, 0.5) is 8.78 Å². The van der Waals surface area contributed by atoms with E-state index in [0.29, 0.717) is 0 Å². The summed E-state index contributed by atoms with van der Waals surface area (Å²) in [6, 6.07) is 5.69. The van der Waals surface area contributed by atoms with Crippen molar-refractivity contribution >= 4 is 5.91 Å². The highest BCUT2D eigenvalue weighted by Gasteiger charge is 2.14. The van der Waals surface area contributed by atoms with Crippen LogP contribution in [0.3, 0.4) is 0 Å². The lowest BCUT2D eigenvalue weighted by Gasteiger charge is -2.09. The average molecular weight is 231 g/mol. The Bertz CT molecular complexity index is 358. The molecule has 1 aromatic carbocycles. The van der Waals surface area contributed by atoms with Crippen molar-refractivity contribution in [2.45, 2.75) is 13.5 Å². The van der Waals surface area contributed by atoms with Crippen LogP contribution in [0.5, 0.6) is 5.75 Å². The number of rotatable bonds is 5. The van der Waals surface area contributed by atoms with Gasteiger partial charge in [0.1, 0.15) is 5.75 Å². The molecule has 1 amide bonds. The highest BCUT2D eigenvalue weighted by molar-refractivity contribution is 5.96. The molecule has 16 heavy (non-hydrogen) atoms. The number of ether oxygens (including phenoxy) is 1. The summed E-state index contributed by atoms with van der Waals surface area (Å²) >= 11 is 0. The number of hydrogen-bond acceptors (Lipinski definition) is 3. The molecule has 0 bridgehead atoms. The molecule has 0 unspecified atom stereocenters. The van der Waals surface area contributed by atoms with Gasteiger partial charge in [0.2, 0.25) is 0 Å². The first kappa shape index (κ1) is 12.4. The Hall–Kier alpha value is -1.69. The van der Waals surface area contributed by atoms with Crippen LogP contribution in [0.2, 0.25) is 0 Å². The Morgan fingerprint density at radius 1 is 1.44 bits per heavy atom. The average Bonchev–Trinajstić information content (AvgIpc) is 2.26. The molecule has 0 fully saturated rings. The summed E-state index contributed by atoms with van der Waals surface area (Å²) in [6.45, 7) is -1.01. The fourth-order valence-corrected chi connectivity index (χ4v) is 1.05. The Kier molecular flexibility index (Phi) is 4.65. The molecular formula is C10H11F2NO3. The molecule has 0 spiro atoms. The highest BCUT2D eigenvalue weighted by Crippen LogP contribution is 2.19. The van der Waals surface area contributed by atoms with Gasteiger partial charge in [-0.3, -0.25) is 9.63 Å². The van der Waals surface area contributed by atoms with Crippen molar-refractivity contribution in [3.63, 3.8) is 0 Å². The molecule has 0 atom stereocenters. The molecule has 0 heterocycles. The third-order valence-corrected chi connectivity index (χ3v) is 1.66. The highest BCUT2D eigenvalue weighted by atomic mass is 19.3. The van der Waals surface area contributed by atoms with Gasteiger partial charge in [-0.25, -0.2) is 5.48 Å². The summed E-state index contributed by atoms with van der Waals surface area (Å²) in [4.78, 5) is 16.1. The maximum Gasteiger partial charge on any atom is 0.387 e. The molecule has 0 radical (unpaired) electrons. The van der Waals surface area contributed by atoms with Gasteiger partial charge in [0.15, 0.2) is 0 Å². The number of alkyl halides is 2. The van der Waals surface area contributed by atoms with Crippen LogP contribution in [0.15, 0.2) is 24.3 Å². The van der Waals surface area contributed by atoms with Crippen LogP contribution in [-0.2, 0) is 4.84 Å². The van der Waals surface area contributed by atoms with Crippen molar-refractivity contribution in [3.05, 3.63) is 29.8 Å². The Morgan fingerprint density at radius 3 is 2.75 bits per heavy atom. The lowest BCUT2D eigenvalue weighted by Crippen LogP contribution is -2.24. The van der Waals surface area contributed by atoms with Gasteiger partial charge >= 0.3 is 6.61 Å². The predicted molar refractivity (Wildman–Crippen MR) is 52.2 cm³/mol. The molecular weight excluding hydrogens is 220 g/mol. The first-order chi connectivity index (χ1) is 7.65. The smallest absolute Gasteiger partial charge is 0.387 e. The molecule has 6 heteroatoms. The maximum atomic E-state index is 12.0.